The van der Waals surface area contributed by atoms with Gasteiger partial charge < -0.3 is 23.5 Å². The Morgan fingerprint density at radius 2 is 1.76 bits per heavy atom. The summed E-state index contributed by atoms with van der Waals surface area (Å²) in [6, 6.07) is 9.93. The predicted molar refractivity (Wildman–Crippen MR) is 130 cm³/mol. The van der Waals surface area contributed by atoms with Crippen molar-refractivity contribution in [2.24, 2.45) is 0 Å². The topological polar surface area (TPSA) is 61.1 Å². The Balaban J connectivity index is 1.76. The van der Waals surface area contributed by atoms with Crippen LogP contribution >= 0.6 is 0 Å². The molecule has 1 amide bonds. The Labute approximate surface area is 194 Å². The quantitative estimate of drug-likeness (QED) is 0.484. The molecule has 1 fully saturated rings. The van der Waals surface area contributed by atoms with Crippen LogP contribution in [0.25, 0.3) is 27.7 Å². The van der Waals surface area contributed by atoms with Gasteiger partial charge in [0.05, 0.1) is 32.7 Å². The van der Waals surface area contributed by atoms with Gasteiger partial charge in [-0.2, -0.15) is 0 Å². The van der Waals surface area contributed by atoms with Gasteiger partial charge in [0, 0.05) is 41.2 Å². The molecule has 0 spiro atoms. The first-order valence-corrected chi connectivity index (χ1v) is 11.2. The van der Waals surface area contributed by atoms with Crippen LogP contribution in [0.4, 0.5) is 0 Å². The fourth-order valence-corrected chi connectivity index (χ4v) is 4.58. The van der Waals surface area contributed by atoms with Crippen LogP contribution in [0.15, 0.2) is 47.1 Å². The van der Waals surface area contributed by atoms with Gasteiger partial charge in [-0.3, -0.25) is 4.79 Å². The van der Waals surface area contributed by atoms with Gasteiger partial charge in [-0.25, -0.2) is 0 Å². The zero-order valence-electron chi connectivity index (χ0n) is 20.1. The Morgan fingerprint density at radius 1 is 1.09 bits per heavy atom. The first-order valence-electron chi connectivity index (χ1n) is 11.2. The van der Waals surface area contributed by atoms with Crippen LogP contribution in [-0.2, 0) is 9.53 Å². The molecule has 1 aromatic heterocycles. The van der Waals surface area contributed by atoms with E-state index in [0.29, 0.717) is 18.8 Å². The number of carbonyl (C=O) groups excluding carboxylic acids is 1. The Kier molecular flexibility index (Phi) is 6.47. The van der Waals surface area contributed by atoms with Crippen LogP contribution in [-0.4, -0.2) is 50.3 Å². The molecule has 1 aliphatic heterocycles. The summed E-state index contributed by atoms with van der Waals surface area (Å²) in [5, 5.41) is 0.974. The molecule has 2 unspecified atom stereocenters. The van der Waals surface area contributed by atoms with Crippen molar-refractivity contribution in [1.29, 1.82) is 0 Å². The summed E-state index contributed by atoms with van der Waals surface area (Å²) in [5.74, 6) is 1.49. The van der Waals surface area contributed by atoms with Crippen molar-refractivity contribution >= 4 is 22.4 Å². The average Bonchev–Trinajstić information content (AvgIpc) is 3.22. The Bertz CT molecular complexity index is 1180. The number of allylic oxidation sites excluding steroid dienone is 1. The van der Waals surface area contributed by atoms with Crippen LogP contribution < -0.4 is 9.47 Å². The van der Waals surface area contributed by atoms with Gasteiger partial charge >= 0.3 is 0 Å². The minimum absolute atomic E-state index is 0.0168. The van der Waals surface area contributed by atoms with Gasteiger partial charge in [0.15, 0.2) is 0 Å². The first-order chi connectivity index (χ1) is 15.8. The third kappa shape index (κ3) is 4.48. The maximum absolute atomic E-state index is 13.0. The normalized spacial score (nSPS) is 19.1. The van der Waals surface area contributed by atoms with Gasteiger partial charge in [-0.15, -0.1) is 0 Å². The second kappa shape index (κ2) is 9.32. The van der Waals surface area contributed by atoms with Gasteiger partial charge in [-0.05, 0) is 57.0 Å². The van der Waals surface area contributed by atoms with Crippen LogP contribution in [0, 0.1) is 6.92 Å². The molecule has 1 saturated heterocycles. The fourth-order valence-electron chi connectivity index (χ4n) is 4.58. The summed E-state index contributed by atoms with van der Waals surface area (Å²) in [6.07, 6.45) is 3.51. The van der Waals surface area contributed by atoms with Gasteiger partial charge in [0.1, 0.15) is 17.1 Å². The van der Waals surface area contributed by atoms with Crippen molar-refractivity contribution < 1.29 is 23.4 Å². The highest BCUT2D eigenvalue weighted by molar-refractivity contribution is 6.01. The maximum Gasteiger partial charge on any atom is 0.247 e. The number of aryl methyl sites for hydroxylation is 1. The summed E-state index contributed by atoms with van der Waals surface area (Å²) < 4.78 is 22.7. The van der Waals surface area contributed by atoms with E-state index in [1.165, 1.54) is 0 Å². The van der Waals surface area contributed by atoms with Gasteiger partial charge in [-0.1, -0.05) is 12.1 Å². The van der Waals surface area contributed by atoms with E-state index in [1.807, 2.05) is 62.9 Å². The summed E-state index contributed by atoms with van der Waals surface area (Å²) in [7, 11) is 3.30. The second-order valence-electron chi connectivity index (χ2n) is 8.66. The molecule has 0 saturated carbocycles. The summed E-state index contributed by atoms with van der Waals surface area (Å²) >= 11 is 0. The summed E-state index contributed by atoms with van der Waals surface area (Å²) in [6.45, 7) is 9.09. The van der Waals surface area contributed by atoms with Crippen LogP contribution in [0.1, 0.15) is 31.9 Å². The zero-order valence-corrected chi connectivity index (χ0v) is 20.1. The lowest BCUT2D eigenvalue weighted by molar-refractivity contribution is -0.137. The number of carbonyl (C=O) groups is 1. The third-order valence-corrected chi connectivity index (χ3v) is 6.15. The average molecular weight is 450 g/mol. The molecule has 2 atom stereocenters. The molecule has 0 N–H and O–H groups in total. The number of hydrogen-bond donors (Lipinski definition) is 0. The summed E-state index contributed by atoms with van der Waals surface area (Å²) in [4.78, 5) is 14.9. The van der Waals surface area contributed by atoms with Crippen molar-refractivity contribution in [3.8, 4) is 22.6 Å². The molecule has 1 aliphatic rings. The maximum atomic E-state index is 13.0. The molecular formula is C27H31NO5. The monoisotopic (exact) mass is 449 g/mol. The number of methoxy groups -OCH3 is 2. The highest BCUT2D eigenvalue weighted by Gasteiger charge is 2.25. The largest absolute Gasteiger partial charge is 0.497 e. The number of hydrogen-bond acceptors (Lipinski definition) is 5. The number of fused-ring (bicyclic) bond motifs is 1. The predicted octanol–water partition coefficient (Wildman–Crippen LogP) is 5.46. The lowest BCUT2D eigenvalue weighted by Gasteiger charge is -2.34. The van der Waals surface area contributed by atoms with E-state index >= 15 is 0 Å². The van der Waals surface area contributed by atoms with E-state index in [1.54, 1.807) is 26.6 Å². The Hall–Kier alpha value is -3.25. The van der Waals surface area contributed by atoms with Crippen molar-refractivity contribution in [1.82, 2.24) is 4.90 Å². The smallest absolute Gasteiger partial charge is 0.247 e. The number of amides is 1. The molecule has 6 nitrogen and oxygen atoms in total. The molecule has 0 aliphatic carbocycles. The van der Waals surface area contributed by atoms with Crippen molar-refractivity contribution in [3.05, 3.63) is 53.8 Å². The highest BCUT2D eigenvalue weighted by Crippen LogP contribution is 2.40. The lowest BCUT2D eigenvalue weighted by atomic mass is 9.96. The number of ether oxygens (including phenoxy) is 3. The lowest BCUT2D eigenvalue weighted by Crippen LogP contribution is -2.47. The number of morpholine rings is 1. The number of furan rings is 1. The number of benzene rings is 2. The molecule has 0 bridgehead atoms. The molecule has 3 aromatic rings. The minimum atomic E-state index is -0.0168. The minimum Gasteiger partial charge on any atom is -0.497 e. The van der Waals surface area contributed by atoms with E-state index in [9.17, 15) is 4.79 Å². The van der Waals surface area contributed by atoms with E-state index in [2.05, 4.69) is 0 Å². The molecule has 6 heteroatoms. The van der Waals surface area contributed by atoms with Crippen LogP contribution in [0.2, 0.25) is 0 Å². The summed E-state index contributed by atoms with van der Waals surface area (Å²) in [5.41, 5.74) is 5.40. The third-order valence-electron chi connectivity index (χ3n) is 6.15. The Morgan fingerprint density at radius 3 is 2.36 bits per heavy atom. The molecule has 2 heterocycles. The first kappa shape index (κ1) is 22.9. The standard InChI is InChI=1S/C27H31NO5/c1-16(11-25(29)28-13-17(2)33-18(3)14-28)22-12-23-24(20-7-9-21(30-5)10-8-20)15-32-27(23)19(4)26(22)31-6/h7-12,15,17-18H,13-14H2,1-6H3/b16-11+. The van der Waals surface area contributed by atoms with Crippen molar-refractivity contribution in [2.75, 3.05) is 27.3 Å². The highest BCUT2D eigenvalue weighted by atomic mass is 16.5. The van der Waals surface area contributed by atoms with E-state index in [-0.39, 0.29) is 18.1 Å². The van der Waals surface area contributed by atoms with Gasteiger partial charge in [0.2, 0.25) is 5.91 Å². The van der Waals surface area contributed by atoms with E-state index in [4.69, 9.17) is 18.6 Å². The van der Waals surface area contributed by atoms with Crippen molar-refractivity contribution in [2.45, 2.75) is 39.9 Å². The SMILES string of the molecule is COc1ccc(-c2coc3c(C)c(OC)c(/C(C)=C/C(=O)N4CC(C)OC(C)C4)cc23)cc1. The number of rotatable bonds is 5. The molecule has 2 aromatic carbocycles. The van der Waals surface area contributed by atoms with Crippen LogP contribution in [0.5, 0.6) is 11.5 Å². The van der Waals surface area contributed by atoms with Crippen LogP contribution in [0.3, 0.4) is 0 Å². The van der Waals surface area contributed by atoms with Gasteiger partial charge in [0.25, 0.3) is 0 Å². The van der Waals surface area contributed by atoms with E-state index < -0.39 is 0 Å². The number of nitrogens with zero attached hydrogens (tertiary/aromatic N) is 1. The molecule has 33 heavy (non-hydrogen) atoms. The zero-order chi connectivity index (χ0) is 23.7. The molecule has 174 valence electrons. The fraction of sp³-hybridized carbons (Fsp3) is 0.370. The molecule has 4 rings (SSSR count). The molecular weight excluding hydrogens is 418 g/mol. The second-order valence-corrected chi connectivity index (χ2v) is 8.66. The molecule has 0 radical (unpaired) electrons. The van der Waals surface area contributed by atoms with E-state index in [0.717, 1.165) is 44.5 Å². The van der Waals surface area contributed by atoms with Crippen molar-refractivity contribution in [3.63, 3.8) is 0 Å².